The Morgan fingerprint density at radius 3 is 2.47 bits per heavy atom. The van der Waals surface area contributed by atoms with Gasteiger partial charge >= 0.3 is 0 Å². The van der Waals surface area contributed by atoms with Gasteiger partial charge in [0.25, 0.3) is 0 Å². The van der Waals surface area contributed by atoms with Gasteiger partial charge in [-0.2, -0.15) is 0 Å². The van der Waals surface area contributed by atoms with Gasteiger partial charge in [-0.25, -0.2) is 4.39 Å². The van der Waals surface area contributed by atoms with Crippen LogP contribution in [0.3, 0.4) is 0 Å². The second-order valence-corrected chi connectivity index (χ2v) is 5.31. The molecule has 1 N–H and O–H groups in total. The summed E-state index contributed by atoms with van der Waals surface area (Å²) in [5.74, 6) is -0.206. The lowest BCUT2D eigenvalue weighted by atomic mass is 9.97. The third kappa shape index (κ3) is 3.23. The minimum Gasteiger partial charge on any atom is -0.306 e. The average Bonchev–Trinajstić information content (AvgIpc) is 2.41. The molecule has 2 aromatic rings. The molecule has 2 rings (SSSR count). The van der Waals surface area contributed by atoms with E-state index in [1.54, 1.807) is 0 Å². The second-order valence-electron chi connectivity index (χ2n) is 4.52. The molecule has 1 nitrogen and oxygen atoms in total. The molecule has 100 valence electrons. The van der Waals surface area contributed by atoms with E-state index in [-0.39, 0.29) is 11.9 Å². The van der Waals surface area contributed by atoms with Crippen molar-refractivity contribution in [1.82, 2.24) is 5.32 Å². The first-order chi connectivity index (χ1) is 9.13. The van der Waals surface area contributed by atoms with Crippen molar-refractivity contribution in [3.8, 4) is 0 Å². The lowest BCUT2D eigenvalue weighted by Crippen LogP contribution is -2.22. The van der Waals surface area contributed by atoms with E-state index in [0.29, 0.717) is 0 Å². The number of benzene rings is 2. The number of hydrogen-bond acceptors (Lipinski definition) is 1. The molecule has 0 fully saturated rings. The Morgan fingerprint density at radius 2 is 1.84 bits per heavy atom. The zero-order chi connectivity index (χ0) is 13.8. The van der Waals surface area contributed by atoms with Gasteiger partial charge in [-0.1, -0.05) is 53.2 Å². The largest absolute Gasteiger partial charge is 0.306 e. The molecular formula is C16H17BrFN. The number of halogens is 2. The predicted molar refractivity (Wildman–Crippen MR) is 80.8 cm³/mol. The number of hydrogen-bond donors (Lipinski definition) is 1. The zero-order valence-electron chi connectivity index (χ0n) is 11.1. The minimum absolute atomic E-state index is 0.0693. The van der Waals surface area contributed by atoms with Gasteiger partial charge in [0.05, 0.1) is 6.04 Å². The van der Waals surface area contributed by atoms with Crippen molar-refractivity contribution in [2.24, 2.45) is 0 Å². The summed E-state index contributed by atoms with van der Waals surface area (Å²) in [7, 11) is 0. The van der Waals surface area contributed by atoms with Gasteiger partial charge in [0.1, 0.15) is 5.82 Å². The van der Waals surface area contributed by atoms with E-state index >= 15 is 0 Å². The molecule has 0 aliphatic rings. The molecule has 0 heterocycles. The van der Waals surface area contributed by atoms with E-state index in [4.69, 9.17) is 0 Å². The highest BCUT2D eigenvalue weighted by atomic mass is 79.9. The predicted octanol–water partition coefficient (Wildman–Crippen LogP) is 4.60. The molecule has 0 saturated heterocycles. The number of nitrogens with one attached hydrogen (secondary N) is 1. The third-order valence-corrected chi connectivity index (χ3v) is 4.23. The highest BCUT2D eigenvalue weighted by Crippen LogP contribution is 2.30. The fraction of sp³-hybridized carbons (Fsp3) is 0.250. The maximum atomic E-state index is 13.1. The topological polar surface area (TPSA) is 12.0 Å². The van der Waals surface area contributed by atoms with Gasteiger partial charge in [0.2, 0.25) is 0 Å². The van der Waals surface area contributed by atoms with Crippen molar-refractivity contribution in [2.75, 3.05) is 6.54 Å². The van der Waals surface area contributed by atoms with Crippen LogP contribution in [0, 0.1) is 12.7 Å². The van der Waals surface area contributed by atoms with E-state index in [0.717, 1.165) is 16.6 Å². The smallest absolute Gasteiger partial charge is 0.123 e. The Balaban J connectivity index is 2.45. The van der Waals surface area contributed by atoms with E-state index < -0.39 is 0 Å². The van der Waals surface area contributed by atoms with Crippen molar-refractivity contribution in [1.29, 1.82) is 0 Å². The quantitative estimate of drug-likeness (QED) is 0.868. The minimum atomic E-state index is -0.206. The number of aryl methyl sites for hydroxylation is 1. The molecule has 0 aliphatic heterocycles. The SMILES string of the molecule is CCNC(c1ccc(F)cc1)c1cccc(C)c1Br. The zero-order valence-corrected chi connectivity index (χ0v) is 12.7. The molecule has 0 aliphatic carbocycles. The fourth-order valence-electron chi connectivity index (χ4n) is 2.16. The van der Waals surface area contributed by atoms with Crippen molar-refractivity contribution < 1.29 is 4.39 Å². The Labute approximate surface area is 122 Å². The molecule has 0 spiro atoms. The summed E-state index contributed by atoms with van der Waals surface area (Å²) in [6.07, 6.45) is 0. The van der Waals surface area contributed by atoms with Gasteiger partial charge in [0, 0.05) is 4.47 Å². The summed E-state index contributed by atoms with van der Waals surface area (Å²) in [5, 5.41) is 3.45. The van der Waals surface area contributed by atoms with E-state index in [1.165, 1.54) is 23.3 Å². The summed E-state index contributed by atoms with van der Waals surface area (Å²) in [4.78, 5) is 0. The summed E-state index contributed by atoms with van der Waals surface area (Å²) in [6, 6.07) is 12.9. The Kier molecular flexibility index (Phi) is 4.72. The fourth-order valence-corrected chi connectivity index (χ4v) is 2.65. The molecule has 1 atom stereocenters. The van der Waals surface area contributed by atoms with E-state index in [2.05, 4.69) is 47.2 Å². The summed E-state index contributed by atoms with van der Waals surface area (Å²) in [6.45, 7) is 4.99. The van der Waals surface area contributed by atoms with Gasteiger partial charge in [-0.15, -0.1) is 0 Å². The van der Waals surface area contributed by atoms with Crippen LogP contribution in [0.5, 0.6) is 0 Å². The van der Waals surface area contributed by atoms with Crippen molar-refractivity contribution in [3.63, 3.8) is 0 Å². The summed E-state index contributed by atoms with van der Waals surface area (Å²) < 4.78 is 14.2. The van der Waals surface area contributed by atoms with Crippen molar-refractivity contribution in [3.05, 3.63) is 69.4 Å². The van der Waals surface area contributed by atoms with Crippen LogP contribution in [0.25, 0.3) is 0 Å². The lowest BCUT2D eigenvalue weighted by Gasteiger charge is -2.21. The molecule has 0 saturated carbocycles. The molecule has 2 aromatic carbocycles. The first-order valence-corrected chi connectivity index (χ1v) is 7.16. The van der Waals surface area contributed by atoms with Crippen LogP contribution in [0.4, 0.5) is 4.39 Å². The van der Waals surface area contributed by atoms with Gasteiger partial charge in [-0.05, 0) is 42.3 Å². The van der Waals surface area contributed by atoms with Crippen LogP contribution in [0.15, 0.2) is 46.9 Å². The first kappa shape index (κ1) is 14.2. The molecule has 0 bridgehead atoms. The summed E-state index contributed by atoms with van der Waals surface area (Å²) >= 11 is 3.65. The van der Waals surface area contributed by atoms with Crippen LogP contribution >= 0.6 is 15.9 Å². The normalized spacial score (nSPS) is 12.4. The third-order valence-electron chi connectivity index (χ3n) is 3.14. The van der Waals surface area contributed by atoms with Gasteiger partial charge < -0.3 is 5.32 Å². The highest BCUT2D eigenvalue weighted by Gasteiger charge is 2.16. The first-order valence-electron chi connectivity index (χ1n) is 6.37. The molecule has 0 amide bonds. The van der Waals surface area contributed by atoms with Crippen LogP contribution in [0.1, 0.15) is 29.7 Å². The van der Waals surface area contributed by atoms with Gasteiger partial charge in [-0.3, -0.25) is 0 Å². The highest BCUT2D eigenvalue weighted by molar-refractivity contribution is 9.10. The molecular weight excluding hydrogens is 305 g/mol. The Morgan fingerprint density at radius 1 is 1.16 bits per heavy atom. The average molecular weight is 322 g/mol. The van der Waals surface area contributed by atoms with Crippen molar-refractivity contribution in [2.45, 2.75) is 19.9 Å². The molecule has 19 heavy (non-hydrogen) atoms. The van der Waals surface area contributed by atoms with Crippen LogP contribution in [-0.4, -0.2) is 6.54 Å². The van der Waals surface area contributed by atoms with Gasteiger partial charge in [0.15, 0.2) is 0 Å². The number of rotatable bonds is 4. The van der Waals surface area contributed by atoms with Crippen LogP contribution in [0.2, 0.25) is 0 Å². The Bertz CT molecular complexity index is 551. The monoisotopic (exact) mass is 321 g/mol. The lowest BCUT2D eigenvalue weighted by molar-refractivity contribution is 0.612. The maximum absolute atomic E-state index is 13.1. The molecule has 0 radical (unpaired) electrons. The maximum Gasteiger partial charge on any atom is 0.123 e. The standard InChI is InChI=1S/C16H17BrFN/c1-3-19-16(12-7-9-13(18)10-8-12)14-6-4-5-11(2)15(14)17/h4-10,16,19H,3H2,1-2H3. The molecule has 3 heteroatoms. The second kappa shape index (κ2) is 6.31. The Hall–Kier alpha value is -1.19. The summed E-state index contributed by atoms with van der Waals surface area (Å²) in [5.41, 5.74) is 3.44. The molecule has 0 aromatic heterocycles. The molecule has 1 unspecified atom stereocenters. The van der Waals surface area contributed by atoms with Crippen LogP contribution in [-0.2, 0) is 0 Å². The van der Waals surface area contributed by atoms with Crippen LogP contribution < -0.4 is 5.32 Å². The van der Waals surface area contributed by atoms with Crippen molar-refractivity contribution >= 4 is 15.9 Å². The van der Waals surface area contributed by atoms with E-state index in [1.807, 2.05) is 18.2 Å². The van der Waals surface area contributed by atoms with E-state index in [9.17, 15) is 4.39 Å².